The Morgan fingerprint density at radius 1 is 1.12 bits per heavy atom. The SMILES string of the molecule is CC(=O)Nc1ccc(CC(=O)N2CCC(C3CCOCC3)C2)cc1. The lowest BCUT2D eigenvalue weighted by molar-refractivity contribution is -0.129. The second kappa shape index (κ2) is 7.79. The van der Waals surface area contributed by atoms with E-state index in [0.717, 1.165) is 56.8 Å². The lowest BCUT2D eigenvalue weighted by Crippen LogP contribution is -2.32. The van der Waals surface area contributed by atoms with E-state index in [1.165, 1.54) is 6.92 Å². The molecule has 2 saturated heterocycles. The Kier molecular flexibility index (Phi) is 5.51. The molecule has 5 nitrogen and oxygen atoms in total. The van der Waals surface area contributed by atoms with Crippen molar-refractivity contribution in [2.75, 3.05) is 31.6 Å². The van der Waals surface area contributed by atoms with E-state index < -0.39 is 0 Å². The van der Waals surface area contributed by atoms with E-state index >= 15 is 0 Å². The molecule has 2 amide bonds. The van der Waals surface area contributed by atoms with Crippen molar-refractivity contribution in [3.8, 4) is 0 Å². The standard InChI is InChI=1S/C19H26N2O3/c1-14(22)20-18-4-2-15(3-5-18)12-19(23)21-9-6-17(13-21)16-7-10-24-11-8-16/h2-5,16-17H,6-13H2,1H3,(H,20,22). The smallest absolute Gasteiger partial charge is 0.226 e. The largest absolute Gasteiger partial charge is 0.381 e. The second-order valence-corrected chi connectivity index (χ2v) is 6.89. The van der Waals surface area contributed by atoms with Crippen molar-refractivity contribution in [3.05, 3.63) is 29.8 Å². The topological polar surface area (TPSA) is 58.6 Å². The van der Waals surface area contributed by atoms with Gasteiger partial charge < -0.3 is 15.0 Å². The van der Waals surface area contributed by atoms with E-state index in [9.17, 15) is 9.59 Å². The maximum atomic E-state index is 12.5. The normalized spacial score (nSPS) is 21.7. The van der Waals surface area contributed by atoms with Crippen LogP contribution >= 0.6 is 0 Å². The number of carbonyl (C=O) groups excluding carboxylic acids is 2. The second-order valence-electron chi connectivity index (χ2n) is 6.89. The summed E-state index contributed by atoms with van der Waals surface area (Å²) in [6.45, 7) is 5.00. The molecular weight excluding hydrogens is 304 g/mol. The Labute approximate surface area is 143 Å². The summed E-state index contributed by atoms with van der Waals surface area (Å²) < 4.78 is 5.44. The molecule has 1 N–H and O–H groups in total. The predicted molar refractivity (Wildman–Crippen MR) is 92.7 cm³/mol. The van der Waals surface area contributed by atoms with Gasteiger partial charge in [0.15, 0.2) is 0 Å². The zero-order valence-corrected chi connectivity index (χ0v) is 14.3. The van der Waals surface area contributed by atoms with Crippen LogP contribution in [0.15, 0.2) is 24.3 Å². The van der Waals surface area contributed by atoms with Crippen molar-refractivity contribution >= 4 is 17.5 Å². The van der Waals surface area contributed by atoms with Gasteiger partial charge >= 0.3 is 0 Å². The molecule has 1 aromatic carbocycles. The molecule has 0 spiro atoms. The summed E-state index contributed by atoms with van der Waals surface area (Å²) in [5.41, 5.74) is 1.75. The van der Waals surface area contributed by atoms with Crippen molar-refractivity contribution in [3.63, 3.8) is 0 Å². The number of benzene rings is 1. The monoisotopic (exact) mass is 330 g/mol. The van der Waals surface area contributed by atoms with E-state index in [1.54, 1.807) is 0 Å². The minimum atomic E-state index is -0.0879. The van der Waals surface area contributed by atoms with Gasteiger partial charge in [0.1, 0.15) is 0 Å². The number of nitrogens with one attached hydrogen (secondary N) is 1. The minimum absolute atomic E-state index is 0.0879. The first kappa shape index (κ1) is 17.0. The predicted octanol–water partition coefficient (Wildman–Crippen LogP) is 2.46. The first-order valence-electron chi connectivity index (χ1n) is 8.84. The molecule has 0 bridgehead atoms. The van der Waals surface area contributed by atoms with Crippen molar-refractivity contribution in [1.29, 1.82) is 0 Å². The third kappa shape index (κ3) is 4.35. The third-order valence-electron chi connectivity index (χ3n) is 5.14. The van der Waals surface area contributed by atoms with Gasteiger partial charge in [-0.2, -0.15) is 0 Å². The van der Waals surface area contributed by atoms with E-state index in [1.807, 2.05) is 29.2 Å². The molecule has 0 aromatic heterocycles. The Balaban J connectivity index is 1.51. The van der Waals surface area contributed by atoms with Gasteiger partial charge in [-0.1, -0.05) is 12.1 Å². The highest BCUT2D eigenvalue weighted by Gasteiger charge is 2.32. The zero-order chi connectivity index (χ0) is 16.9. The summed E-state index contributed by atoms with van der Waals surface area (Å²) >= 11 is 0. The number of carbonyl (C=O) groups is 2. The van der Waals surface area contributed by atoms with Crippen LogP contribution in [0.25, 0.3) is 0 Å². The molecule has 2 heterocycles. The lowest BCUT2D eigenvalue weighted by Gasteiger charge is -2.27. The molecule has 0 saturated carbocycles. The van der Waals surface area contributed by atoms with Crippen LogP contribution in [0.1, 0.15) is 31.7 Å². The molecule has 2 aliphatic rings. The highest BCUT2D eigenvalue weighted by Crippen LogP contribution is 2.31. The molecule has 1 atom stereocenters. The van der Waals surface area contributed by atoms with Crippen molar-refractivity contribution in [2.45, 2.75) is 32.6 Å². The molecular formula is C19H26N2O3. The number of hydrogen-bond donors (Lipinski definition) is 1. The Morgan fingerprint density at radius 2 is 1.83 bits per heavy atom. The highest BCUT2D eigenvalue weighted by molar-refractivity contribution is 5.88. The summed E-state index contributed by atoms with van der Waals surface area (Å²) in [5, 5.41) is 2.74. The molecule has 0 aliphatic carbocycles. The van der Waals surface area contributed by atoms with Crippen molar-refractivity contribution in [1.82, 2.24) is 4.90 Å². The summed E-state index contributed by atoms with van der Waals surface area (Å²) in [5.74, 6) is 1.47. The highest BCUT2D eigenvalue weighted by atomic mass is 16.5. The van der Waals surface area contributed by atoms with Gasteiger partial charge in [-0.15, -0.1) is 0 Å². The number of amides is 2. The zero-order valence-electron chi connectivity index (χ0n) is 14.3. The third-order valence-corrected chi connectivity index (χ3v) is 5.14. The molecule has 1 unspecified atom stereocenters. The minimum Gasteiger partial charge on any atom is -0.381 e. The van der Waals surface area contributed by atoms with Gasteiger partial charge in [-0.05, 0) is 48.8 Å². The number of rotatable bonds is 4. The van der Waals surface area contributed by atoms with Crippen LogP contribution in [-0.4, -0.2) is 43.0 Å². The van der Waals surface area contributed by atoms with Crippen LogP contribution in [0.4, 0.5) is 5.69 Å². The fraction of sp³-hybridized carbons (Fsp3) is 0.579. The van der Waals surface area contributed by atoms with Gasteiger partial charge in [0.2, 0.25) is 11.8 Å². The van der Waals surface area contributed by atoms with Gasteiger partial charge in [0.25, 0.3) is 0 Å². The summed E-state index contributed by atoms with van der Waals surface area (Å²) in [7, 11) is 0. The molecule has 130 valence electrons. The number of nitrogens with zero attached hydrogens (tertiary/aromatic N) is 1. The Morgan fingerprint density at radius 3 is 2.50 bits per heavy atom. The van der Waals surface area contributed by atoms with E-state index in [4.69, 9.17) is 4.74 Å². The summed E-state index contributed by atoms with van der Waals surface area (Å²) in [4.78, 5) is 25.6. The quantitative estimate of drug-likeness (QED) is 0.922. The van der Waals surface area contributed by atoms with Crippen molar-refractivity contribution in [2.24, 2.45) is 11.8 Å². The fourth-order valence-corrected chi connectivity index (χ4v) is 3.78. The van der Waals surface area contributed by atoms with E-state index in [2.05, 4.69) is 5.32 Å². The van der Waals surface area contributed by atoms with Gasteiger partial charge in [0.05, 0.1) is 6.42 Å². The van der Waals surface area contributed by atoms with E-state index in [-0.39, 0.29) is 11.8 Å². The number of ether oxygens (including phenoxy) is 1. The maximum Gasteiger partial charge on any atom is 0.226 e. The van der Waals surface area contributed by atoms with Crippen LogP contribution in [0, 0.1) is 11.8 Å². The molecule has 5 heteroatoms. The van der Waals surface area contributed by atoms with Crippen LogP contribution < -0.4 is 5.32 Å². The van der Waals surface area contributed by atoms with Crippen LogP contribution in [0.3, 0.4) is 0 Å². The number of likely N-dealkylation sites (tertiary alicyclic amines) is 1. The fourth-order valence-electron chi connectivity index (χ4n) is 3.78. The molecule has 24 heavy (non-hydrogen) atoms. The Hall–Kier alpha value is -1.88. The molecule has 2 aliphatic heterocycles. The first-order valence-corrected chi connectivity index (χ1v) is 8.84. The van der Waals surface area contributed by atoms with Crippen LogP contribution in [0.5, 0.6) is 0 Å². The average molecular weight is 330 g/mol. The molecule has 1 aromatic rings. The average Bonchev–Trinajstić information content (AvgIpc) is 3.07. The number of hydrogen-bond acceptors (Lipinski definition) is 3. The molecule has 2 fully saturated rings. The summed E-state index contributed by atoms with van der Waals surface area (Å²) in [6.07, 6.45) is 3.83. The van der Waals surface area contributed by atoms with Crippen molar-refractivity contribution < 1.29 is 14.3 Å². The lowest BCUT2D eigenvalue weighted by atomic mass is 9.85. The Bertz CT molecular complexity index is 579. The molecule has 3 rings (SSSR count). The molecule has 0 radical (unpaired) electrons. The van der Waals surface area contributed by atoms with Crippen LogP contribution in [-0.2, 0) is 20.7 Å². The summed E-state index contributed by atoms with van der Waals surface area (Å²) in [6, 6.07) is 7.52. The first-order chi connectivity index (χ1) is 11.6. The van der Waals surface area contributed by atoms with E-state index in [0.29, 0.717) is 18.3 Å². The number of anilines is 1. The van der Waals surface area contributed by atoms with Gasteiger partial charge in [-0.3, -0.25) is 9.59 Å². The van der Waals surface area contributed by atoms with Crippen LogP contribution in [0.2, 0.25) is 0 Å². The van der Waals surface area contributed by atoms with Gasteiger partial charge in [-0.25, -0.2) is 0 Å². The van der Waals surface area contributed by atoms with Gasteiger partial charge in [0, 0.05) is 38.9 Å². The maximum absolute atomic E-state index is 12.5.